The Bertz CT molecular complexity index is 427. The molecule has 2 rings (SSSR count). The Labute approximate surface area is 131 Å². The molecule has 1 N–H and O–H groups in total. The summed E-state index contributed by atoms with van der Waals surface area (Å²) in [5.41, 5.74) is 0.276. The molecule has 1 saturated heterocycles. The quantitative estimate of drug-likeness (QED) is 0.481. The Hall–Kier alpha value is -0.970. The SMILES string of the molecule is CC(C)[C@]1(C)CCC[C@H](OC(=O)C=CS[C@@H]2CC(=O)N2)C1. The van der Waals surface area contributed by atoms with Crippen LogP contribution in [0.2, 0.25) is 0 Å². The fourth-order valence-electron chi connectivity index (χ4n) is 2.88. The van der Waals surface area contributed by atoms with Crippen LogP contribution in [0.25, 0.3) is 0 Å². The highest BCUT2D eigenvalue weighted by atomic mass is 32.2. The predicted molar refractivity (Wildman–Crippen MR) is 84.6 cm³/mol. The molecular weight excluding hydrogens is 286 g/mol. The van der Waals surface area contributed by atoms with Crippen molar-refractivity contribution in [3.05, 3.63) is 11.5 Å². The van der Waals surface area contributed by atoms with E-state index < -0.39 is 0 Å². The third kappa shape index (κ3) is 4.50. The van der Waals surface area contributed by atoms with Gasteiger partial charge < -0.3 is 10.1 Å². The number of nitrogens with one attached hydrogen (secondary N) is 1. The summed E-state index contributed by atoms with van der Waals surface area (Å²) in [5.74, 6) is 0.400. The number of ether oxygens (including phenoxy) is 1. The first-order chi connectivity index (χ1) is 9.89. The lowest BCUT2D eigenvalue weighted by atomic mass is 9.67. The highest BCUT2D eigenvalue weighted by Crippen LogP contribution is 2.42. The monoisotopic (exact) mass is 311 g/mol. The van der Waals surface area contributed by atoms with Gasteiger partial charge in [0.2, 0.25) is 5.91 Å². The molecule has 1 heterocycles. The van der Waals surface area contributed by atoms with Gasteiger partial charge >= 0.3 is 5.97 Å². The first-order valence-corrected chi connectivity index (χ1v) is 8.65. The number of carbonyl (C=O) groups is 2. The highest BCUT2D eigenvalue weighted by molar-refractivity contribution is 8.02. The zero-order chi connectivity index (χ0) is 15.5. The molecule has 1 aliphatic carbocycles. The number of thioether (sulfide) groups is 1. The van der Waals surface area contributed by atoms with Crippen molar-refractivity contribution >= 4 is 23.6 Å². The first-order valence-electron chi connectivity index (χ1n) is 7.71. The summed E-state index contributed by atoms with van der Waals surface area (Å²) in [5, 5.41) is 4.57. The van der Waals surface area contributed by atoms with Gasteiger partial charge in [-0.3, -0.25) is 4.79 Å². The van der Waals surface area contributed by atoms with E-state index in [1.165, 1.54) is 24.3 Å². The molecule has 0 unspecified atom stereocenters. The van der Waals surface area contributed by atoms with Gasteiger partial charge in [-0.15, -0.1) is 11.8 Å². The lowest BCUT2D eigenvalue weighted by Crippen LogP contribution is -2.45. The number of carbonyl (C=O) groups excluding carboxylic acids is 2. The van der Waals surface area contributed by atoms with Gasteiger partial charge in [-0.1, -0.05) is 20.8 Å². The fraction of sp³-hybridized carbons (Fsp3) is 0.750. The van der Waals surface area contributed by atoms with Crippen molar-refractivity contribution in [1.29, 1.82) is 0 Å². The standard InChI is InChI=1S/C16H25NO3S/c1-11(2)16(3)7-4-5-12(10-16)20-15(19)6-8-21-14-9-13(18)17-14/h6,8,11-12,14H,4-5,7,9-10H2,1-3H3,(H,17,18)/t12-,14+,16+/m0/s1. The Kier molecular flexibility index (Phi) is 5.36. The van der Waals surface area contributed by atoms with Gasteiger partial charge in [-0.05, 0) is 42.4 Å². The van der Waals surface area contributed by atoms with Crippen LogP contribution in [-0.4, -0.2) is 23.4 Å². The molecule has 0 radical (unpaired) electrons. The van der Waals surface area contributed by atoms with Gasteiger partial charge in [0.15, 0.2) is 0 Å². The molecule has 1 aliphatic heterocycles. The summed E-state index contributed by atoms with van der Waals surface area (Å²) in [6.07, 6.45) is 6.29. The van der Waals surface area contributed by atoms with Crippen molar-refractivity contribution < 1.29 is 14.3 Å². The molecule has 0 bridgehead atoms. The zero-order valence-electron chi connectivity index (χ0n) is 13.1. The minimum Gasteiger partial charge on any atom is -0.459 e. The molecule has 1 amide bonds. The summed E-state index contributed by atoms with van der Waals surface area (Å²) in [6.45, 7) is 6.78. The second-order valence-corrected chi connectivity index (χ2v) is 7.78. The van der Waals surface area contributed by atoms with Crippen molar-refractivity contribution in [2.24, 2.45) is 11.3 Å². The zero-order valence-corrected chi connectivity index (χ0v) is 13.9. The molecule has 5 heteroatoms. The molecular formula is C16H25NO3S. The molecule has 118 valence electrons. The van der Waals surface area contributed by atoms with E-state index in [-0.39, 0.29) is 28.8 Å². The second-order valence-electron chi connectivity index (χ2n) is 6.66. The molecule has 3 atom stereocenters. The van der Waals surface area contributed by atoms with E-state index in [0.29, 0.717) is 12.3 Å². The van der Waals surface area contributed by atoms with E-state index in [1.807, 2.05) is 0 Å². The summed E-state index contributed by atoms with van der Waals surface area (Å²) >= 11 is 1.45. The van der Waals surface area contributed by atoms with Gasteiger partial charge in [0.1, 0.15) is 6.10 Å². The fourth-order valence-corrected chi connectivity index (χ4v) is 3.71. The van der Waals surface area contributed by atoms with Crippen LogP contribution in [0.3, 0.4) is 0 Å². The van der Waals surface area contributed by atoms with Crippen molar-refractivity contribution in [3.8, 4) is 0 Å². The highest BCUT2D eigenvalue weighted by Gasteiger charge is 2.36. The number of rotatable bonds is 5. The normalized spacial score (nSPS) is 32.9. The lowest BCUT2D eigenvalue weighted by Gasteiger charge is -2.40. The van der Waals surface area contributed by atoms with Crippen LogP contribution in [0.5, 0.6) is 0 Å². The molecule has 0 spiro atoms. The van der Waals surface area contributed by atoms with E-state index in [0.717, 1.165) is 19.3 Å². The average molecular weight is 311 g/mol. The molecule has 2 fully saturated rings. The van der Waals surface area contributed by atoms with Crippen molar-refractivity contribution in [3.63, 3.8) is 0 Å². The summed E-state index contributed by atoms with van der Waals surface area (Å²) < 4.78 is 5.57. The lowest BCUT2D eigenvalue weighted by molar-refractivity contribution is -0.147. The van der Waals surface area contributed by atoms with Crippen molar-refractivity contribution in [1.82, 2.24) is 5.32 Å². The number of amides is 1. The van der Waals surface area contributed by atoms with Gasteiger partial charge in [-0.25, -0.2) is 4.79 Å². The number of esters is 1. The topological polar surface area (TPSA) is 55.4 Å². The maximum Gasteiger partial charge on any atom is 0.331 e. The smallest absolute Gasteiger partial charge is 0.331 e. The van der Waals surface area contributed by atoms with Gasteiger partial charge in [0.25, 0.3) is 0 Å². The Balaban J connectivity index is 1.74. The van der Waals surface area contributed by atoms with Gasteiger partial charge in [-0.2, -0.15) is 0 Å². The van der Waals surface area contributed by atoms with Crippen molar-refractivity contribution in [2.75, 3.05) is 0 Å². The number of β-lactam (4-membered cyclic amide) rings is 1. The molecule has 4 nitrogen and oxygen atoms in total. The number of hydrogen-bond acceptors (Lipinski definition) is 4. The van der Waals surface area contributed by atoms with Crippen molar-refractivity contribution in [2.45, 2.75) is 64.4 Å². The van der Waals surface area contributed by atoms with E-state index >= 15 is 0 Å². The molecule has 0 aromatic heterocycles. The molecule has 21 heavy (non-hydrogen) atoms. The van der Waals surface area contributed by atoms with E-state index in [2.05, 4.69) is 26.1 Å². The van der Waals surface area contributed by atoms with E-state index in [1.54, 1.807) is 5.41 Å². The Morgan fingerprint density at radius 3 is 2.86 bits per heavy atom. The average Bonchev–Trinajstić information content (AvgIpc) is 2.36. The van der Waals surface area contributed by atoms with Crippen LogP contribution in [0.1, 0.15) is 52.9 Å². The molecule has 2 aliphatic rings. The van der Waals surface area contributed by atoms with Gasteiger partial charge in [0, 0.05) is 6.08 Å². The summed E-state index contributed by atoms with van der Waals surface area (Å²) in [6, 6.07) is 0. The minimum atomic E-state index is -0.272. The molecule has 0 aromatic rings. The van der Waals surface area contributed by atoms with Gasteiger partial charge in [0.05, 0.1) is 11.8 Å². The summed E-state index contributed by atoms with van der Waals surface area (Å²) in [4.78, 5) is 22.6. The predicted octanol–water partition coefficient (Wildman–Crippen LogP) is 3.23. The maximum absolute atomic E-state index is 11.8. The van der Waals surface area contributed by atoms with Crippen LogP contribution in [0, 0.1) is 11.3 Å². The van der Waals surface area contributed by atoms with Crippen LogP contribution < -0.4 is 5.32 Å². The largest absolute Gasteiger partial charge is 0.459 e. The molecule has 0 aromatic carbocycles. The first kappa shape index (κ1) is 16.4. The van der Waals surface area contributed by atoms with E-state index in [9.17, 15) is 9.59 Å². The Morgan fingerprint density at radius 2 is 2.24 bits per heavy atom. The van der Waals surface area contributed by atoms with E-state index in [4.69, 9.17) is 4.74 Å². The third-order valence-electron chi connectivity index (χ3n) is 4.78. The number of hydrogen-bond donors (Lipinski definition) is 1. The maximum atomic E-state index is 11.8. The second kappa shape index (κ2) is 6.86. The molecule has 1 saturated carbocycles. The Morgan fingerprint density at radius 1 is 1.52 bits per heavy atom. The third-order valence-corrected chi connectivity index (χ3v) is 5.69. The summed E-state index contributed by atoms with van der Waals surface area (Å²) in [7, 11) is 0. The van der Waals surface area contributed by atoms with Crippen LogP contribution in [-0.2, 0) is 14.3 Å². The van der Waals surface area contributed by atoms with Crippen LogP contribution >= 0.6 is 11.8 Å². The van der Waals surface area contributed by atoms with Crippen LogP contribution in [0.15, 0.2) is 11.5 Å². The van der Waals surface area contributed by atoms with Crippen LogP contribution in [0.4, 0.5) is 0 Å². The minimum absolute atomic E-state index is 0.0386.